The molecule has 1 aromatic carbocycles. The molecule has 33 heavy (non-hydrogen) atoms. The summed E-state index contributed by atoms with van der Waals surface area (Å²) in [5, 5.41) is 5.50. The van der Waals surface area contributed by atoms with Gasteiger partial charge in [0.15, 0.2) is 11.5 Å². The second kappa shape index (κ2) is 7.29. The van der Waals surface area contributed by atoms with Crippen LogP contribution < -0.4 is 5.69 Å². The molecule has 1 aliphatic heterocycles. The lowest BCUT2D eigenvalue weighted by molar-refractivity contribution is -0.0379. The summed E-state index contributed by atoms with van der Waals surface area (Å²) in [6, 6.07) is 9.85. The van der Waals surface area contributed by atoms with Crippen molar-refractivity contribution in [3.05, 3.63) is 81.1 Å². The summed E-state index contributed by atoms with van der Waals surface area (Å²) < 4.78 is 22.6. The number of halogens is 1. The van der Waals surface area contributed by atoms with Gasteiger partial charge >= 0.3 is 5.69 Å². The molecule has 0 fully saturated rings. The molecule has 0 spiro atoms. The number of nitrogens with zero attached hydrogens (tertiary/aromatic N) is 5. The van der Waals surface area contributed by atoms with E-state index in [4.69, 9.17) is 9.72 Å². The minimum Gasteiger partial charge on any atom is -0.370 e. The minimum atomic E-state index is -0.316. The molecule has 5 aromatic rings. The zero-order chi connectivity index (χ0) is 22.7. The highest BCUT2D eigenvalue weighted by Gasteiger charge is 2.32. The van der Waals surface area contributed by atoms with Crippen molar-refractivity contribution in [1.29, 1.82) is 0 Å². The van der Waals surface area contributed by atoms with Crippen LogP contribution in [-0.2, 0) is 24.3 Å². The molecule has 4 aromatic heterocycles. The summed E-state index contributed by atoms with van der Waals surface area (Å²) >= 11 is 1.56. The van der Waals surface area contributed by atoms with E-state index in [-0.39, 0.29) is 17.1 Å². The van der Waals surface area contributed by atoms with Crippen LogP contribution >= 0.6 is 11.3 Å². The van der Waals surface area contributed by atoms with Gasteiger partial charge in [0, 0.05) is 29.3 Å². The van der Waals surface area contributed by atoms with E-state index in [9.17, 15) is 9.18 Å². The zero-order valence-corrected chi connectivity index (χ0v) is 18.9. The molecule has 9 heteroatoms. The predicted octanol–water partition coefficient (Wildman–Crippen LogP) is 4.21. The molecule has 0 aliphatic carbocycles. The highest BCUT2D eigenvalue weighted by molar-refractivity contribution is 7.19. The zero-order valence-electron chi connectivity index (χ0n) is 18.1. The van der Waals surface area contributed by atoms with Gasteiger partial charge < -0.3 is 4.74 Å². The van der Waals surface area contributed by atoms with Gasteiger partial charge in [-0.05, 0) is 49.2 Å². The number of thiophene rings is 1. The van der Waals surface area contributed by atoms with Crippen LogP contribution in [0.1, 0.15) is 29.9 Å². The molecule has 0 amide bonds. The lowest BCUT2D eigenvalue weighted by Crippen LogP contribution is -2.31. The van der Waals surface area contributed by atoms with Crippen LogP contribution in [0.5, 0.6) is 0 Å². The van der Waals surface area contributed by atoms with Crippen LogP contribution in [0.2, 0.25) is 0 Å². The van der Waals surface area contributed by atoms with E-state index in [1.807, 2.05) is 12.1 Å². The van der Waals surface area contributed by atoms with Gasteiger partial charge in [-0.3, -0.25) is 9.55 Å². The lowest BCUT2D eigenvalue weighted by Gasteiger charge is -2.30. The number of hydrogen-bond donors (Lipinski definition) is 0. The Labute approximate surface area is 192 Å². The number of rotatable bonds is 3. The van der Waals surface area contributed by atoms with Gasteiger partial charge in [-0.25, -0.2) is 14.2 Å². The highest BCUT2D eigenvalue weighted by atomic mass is 32.1. The number of benzene rings is 1. The number of ether oxygens (including phenoxy) is 1. The van der Waals surface area contributed by atoms with E-state index in [1.165, 1.54) is 16.6 Å². The Kier molecular flexibility index (Phi) is 4.46. The van der Waals surface area contributed by atoms with Crippen molar-refractivity contribution in [2.45, 2.75) is 39.0 Å². The van der Waals surface area contributed by atoms with Crippen LogP contribution in [0, 0.1) is 5.82 Å². The Bertz CT molecular complexity index is 1570. The van der Waals surface area contributed by atoms with Crippen molar-refractivity contribution in [1.82, 2.24) is 24.1 Å². The Morgan fingerprint density at radius 1 is 1.15 bits per heavy atom. The van der Waals surface area contributed by atoms with E-state index in [0.29, 0.717) is 31.0 Å². The maximum atomic E-state index is 13.6. The fraction of sp³-hybridized carbons (Fsp3) is 0.250. The van der Waals surface area contributed by atoms with Gasteiger partial charge in [-0.1, -0.05) is 12.1 Å². The average Bonchev–Trinajstić information content (AvgIpc) is 3.40. The number of aromatic nitrogens is 5. The van der Waals surface area contributed by atoms with Crippen molar-refractivity contribution in [3.63, 3.8) is 0 Å². The van der Waals surface area contributed by atoms with E-state index in [2.05, 4.69) is 23.9 Å². The third kappa shape index (κ3) is 3.35. The van der Waals surface area contributed by atoms with E-state index in [0.717, 1.165) is 31.8 Å². The molecule has 5 heterocycles. The van der Waals surface area contributed by atoms with E-state index in [1.54, 1.807) is 40.4 Å². The van der Waals surface area contributed by atoms with Crippen LogP contribution in [0.25, 0.3) is 27.3 Å². The molecule has 7 nitrogen and oxygen atoms in total. The normalized spacial score (nSPS) is 15.2. The van der Waals surface area contributed by atoms with Crippen molar-refractivity contribution in [2.24, 2.45) is 0 Å². The maximum absolute atomic E-state index is 13.6. The van der Waals surface area contributed by atoms with Crippen LogP contribution in [0.15, 0.2) is 53.6 Å². The standard InChI is InChI=1S/C24H20FN5O2S/c1-24(2)11-17-18(13-32-24)33-22-19(17)21-27-20(15-7-9-26-10-8-15)28-30(21)23(31)29(22)12-14-3-5-16(25)6-4-14/h3-10H,11-13H2,1-2H3. The summed E-state index contributed by atoms with van der Waals surface area (Å²) in [5.74, 6) is 0.164. The number of hydrogen-bond acceptors (Lipinski definition) is 6. The molecule has 0 saturated heterocycles. The number of pyridine rings is 1. The van der Waals surface area contributed by atoms with E-state index < -0.39 is 0 Å². The third-order valence-corrected chi connectivity index (χ3v) is 7.18. The number of fused-ring (bicyclic) bond motifs is 5. The largest absolute Gasteiger partial charge is 0.370 e. The molecule has 166 valence electrons. The van der Waals surface area contributed by atoms with Crippen LogP contribution in [0.3, 0.4) is 0 Å². The van der Waals surface area contributed by atoms with Crippen molar-refractivity contribution < 1.29 is 9.13 Å². The summed E-state index contributed by atoms with van der Waals surface area (Å²) in [6.45, 7) is 4.93. The first-order valence-corrected chi connectivity index (χ1v) is 11.4. The van der Waals surface area contributed by atoms with E-state index >= 15 is 0 Å². The maximum Gasteiger partial charge on any atom is 0.352 e. The minimum absolute atomic E-state index is 0.284. The van der Waals surface area contributed by atoms with Crippen LogP contribution in [0.4, 0.5) is 4.39 Å². The monoisotopic (exact) mass is 461 g/mol. The topological polar surface area (TPSA) is 74.3 Å². The second-order valence-corrected chi connectivity index (χ2v) is 9.89. The summed E-state index contributed by atoms with van der Waals surface area (Å²) in [6.07, 6.45) is 4.07. The Hall–Kier alpha value is -3.43. The Morgan fingerprint density at radius 2 is 1.91 bits per heavy atom. The van der Waals surface area contributed by atoms with Gasteiger partial charge in [0.05, 0.1) is 24.1 Å². The second-order valence-electron chi connectivity index (χ2n) is 8.81. The molecule has 0 atom stereocenters. The van der Waals surface area contributed by atoms with Gasteiger partial charge in [-0.2, -0.15) is 4.52 Å². The molecule has 0 bridgehead atoms. The third-order valence-electron chi connectivity index (χ3n) is 5.95. The molecular weight excluding hydrogens is 441 g/mol. The Morgan fingerprint density at radius 3 is 2.67 bits per heavy atom. The first kappa shape index (κ1) is 20.2. The predicted molar refractivity (Wildman–Crippen MR) is 124 cm³/mol. The van der Waals surface area contributed by atoms with Crippen LogP contribution in [-0.4, -0.2) is 29.8 Å². The molecule has 6 rings (SSSR count). The van der Waals surface area contributed by atoms with Gasteiger partial charge in [0.2, 0.25) is 0 Å². The van der Waals surface area contributed by atoms with Gasteiger partial charge in [0.25, 0.3) is 0 Å². The summed E-state index contributed by atoms with van der Waals surface area (Å²) in [4.78, 5) is 24.4. The molecule has 0 unspecified atom stereocenters. The molecule has 0 radical (unpaired) electrons. The van der Waals surface area contributed by atoms with Gasteiger partial charge in [-0.15, -0.1) is 16.4 Å². The molecular formula is C24H20FN5O2S. The highest BCUT2D eigenvalue weighted by Crippen LogP contribution is 2.40. The van der Waals surface area contributed by atoms with Crippen molar-refractivity contribution >= 4 is 27.2 Å². The first-order chi connectivity index (χ1) is 15.9. The summed E-state index contributed by atoms with van der Waals surface area (Å²) in [7, 11) is 0. The lowest BCUT2D eigenvalue weighted by atomic mass is 9.94. The SMILES string of the molecule is CC1(C)Cc2c(sc3c2c2nc(-c4ccncc4)nn2c(=O)n3Cc2ccc(F)cc2)CO1. The quantitative estimate of drug-likeness (QED) is 0.403. The molecule has 0 N–H and O–H groups in total. The Balaban J connectivity index is 1.65. The molecule has 1 aliphatic rings. The summed E-state index contributed by atoms with van der Waals surface area (Å²) in [5.41, 5.74) is 2.72. The molecule has 0 saturated carbocycles. The van der Waals surface area contributed by atoms with Gasteiger partial charge in [0.1, 0.15) is 10.6 Å². The first-order valence-electron chi connectivity index (χ1n) is 10.6. The fourth-order valence-electron chi connectivity index (χ4n) is 4.30. The van der Waals surface area contributed by atoms with Crippen molar-refractivity contribution in [3.8, 4) is 11.4 Å². The fourth-order valence-corrected chi connectivity index (χ4v) is 5.52. The smallest absolute Gasteiger partial charge is 0.352 e. The van der Waals surface area contributed by atoms with Crippen molar-refractivity contribution in [2.75, 3.05) is 0 Å². The average molecular weight is 462 g/mol.